The second kappa shape index (κ2) is 26.2. The number of carbonyl (C=O) groups is 2. The van der Waals surface area contributed by atoms with Crippen molar-refractivity contribution >= 4 is 48.3 Å². The summed E-state index contributed by atoms with van der Waals surface area (Å²) < 4.78 is 27.1. The lowest BCUT2D eigenvalue weighted by molar-refractivity contribution is 0.0686. The first kappa shape index (κ1) is 52.6. The molecule has 0 aliphatic carbocycles. The number of hydrogen-bond acceptors (Lipinski definition) is 16. The highest BCUT2D eigenvalue weighted by Gasteiger charge is 2.29. The number of aromatic nitrogens is 6. The SMILES string of the molecule is COc1cc(C(=O)N2CCC(c3nnc(N)cc3OC)CC2)ncc1Oc1ccccc1.COc1cc(C(=O)O)ncc1Cc1ccccc1.COc1cc(N)nnc1C1CCNCC1.Cl.Cl. The molecular weight excluding hydrogens is 903 g/mol. The van der Waals surface area contributed by atoms with Crippen LogP contribution < -0.4 is 40.5 Å². The number of aromatic carboxylic acids is 1. The van der Waals surface area contributed by atoms with E-state index in [-0.39, 0.29) is 42.3 Å². The van der Waals surface area contributed by atoms with E-state index < -0.39 is 5.97 Å². The Morgan fingerprint density at radius 3 is 1.69 bits per heavy atom. The van der Waals surface area contributed by atoms with Crippen molar-refractivity contribution in [1.29, 1.82) is 0 Å². The van der Waals surface area contributed by atoms with Crippen molar-refractivity contribution in [2.24, 2.45) is 0 Å². The molecule has 0 saturated carbocycles. The lowest BCUT2D eigenvalue weighted by Crippen LogP contribution is -2.38. The van der Waals surface area contributed by atoms with Gasteiger partial charge in [0.25, 0.3) is 5.91 Å². The van der Waals surface area contributed by atoms with E-state index in [4.69, 9.17) is 40.3 Å². The van der Waals surface area contributed by atoms with E-state index >= 15 is 0 Å². The van der Waals surface area contributed by atoms with Crippen LogP contribution in [0.25, 0.3) is 0 Å². The summed E-state index contributed by atoms with van der Waals surface area (Å²) in [6.45, 7) is 3.20. The van der Waals surface area contributed by atoms with E-state index in [0.717, 1.165) is 67.0 Å². The fraction of sp³-hybridized carbons (Fsp3) is 0.319. The van der Waals surface area contributed by atoms with Crippen molar-refractivity contribution in [3.8, 4) is 34.5 Å². The summed E-state index contributed by atoms with van der Waals surface area (Å²) in [4.78, 5) is 33.9. The zero-order chi connectivity index (χ0) is 46.1. The number of para-hydroxylation sites is 1. The van der Waals surface area contributed by atoms with Gasteiger partial charge in [0.1, 0.15) is 51.7 Å². The van der Waals surface area contributed by atoms with Gasteiger partial charge in [0.15, 0.2) is 17.2 Å². The molecule has 0 radical (unpaired) electrons. The van der Waals surface area contributed by atoms with Crippen molar-refractivity contribution in [2.75, 3.05) is 66.1 Å². The predicted molar refractivity (Wildman–Crippen MR) is 258 cm³/mol. The van der Waals surface area contributed by atoms with Crippen LogP contribution in [-0.2, 0) is 6.42 Å². The summed E-state index contributed by atoms with van der Waals surface area (Å²) in [6, 6.07) is 25.7. The third-order valence-corrected chi connectivity index (χ3v) is 10.8. The molecule has 20 heteroatoms. The Morgan fingerprint density at radius 2 is 1.15 bits per heavy atom. The van der Waals surface area contributed by atoms with Gasteiger partial charge in [-0.25, -0.2) is 14.8 Å². The average molecular weight is 960 g/mol. The Bertz CT molecular complexity index is 2500. The lowest BCUT2D eigenvalue weighted by Gasteiger charge is -2.31. The van der Waals surface area contributed by atoms with Gasteiger partial charge in [-0.3, -0.25) is 4.79 Å². The molecule has 356 valence electrons. The summed E-state index contributed by atoms with van der Waals surface area (Å²) in [5, 5.41) is 28.4. The van der Waals surface area contributed by atoms with E-state index in [0.29, 0.717) is 71.5 Å². The number of hydrogen-bond donors (Lipinski definition) is 4. The number of carboxylic acids is 1. The lowest BCUT2D eigenvalue weighted by atomic mass is 9.92. The van der Waals surface area contributed by atoms with Crippen LogP contribution in [0.3, 0.4) is 0 Å². The first-order chi connectivity index (χ1) is 31.6. The van der Waals surface area contributed by atoms with E-state index in [9.17, 15) is 9.59 Å². The monoisotopic (exact) mass is 958 g/mol. The molecule has 0 atom stereocenters. The molecule has 67 heavy (non-hydrogen) atoms. The van der Waals surface area contributed by atoms with Crippen molar-refractivity contribution < 1.29 is 38.4 Å². The number of nitrogens with two attached hydrogens (primary N) is 2. The molecule has 6 N–H and O–H groups in total. The molecule has 2 fully saturated rings. The number of benzene rings is 2. The van der Waals surface area contributed by atoms with Gasteiger partial charge in [-0.15, -0.1) is 45.2 Å². The van der Waals surface area contributed by atoms with Crippen LogP contribution in [0.1, 0.15) is 81.0 Å². The quantitative estimate of drug-likeness (QED) is 0.0961. The van der Waals surface area contributed by atoms with Crippen molar-refractivity contribution in [1.82, 2.24) is 40.6 Å². The summed E-state index contributed by atoms with van der Waals surface area (Å²) in [7, 11) is 6.29. The fourth-order valence-corrected chi connectivity index (χ4v) is 7.42. The zero-order valence-corrected chi connectivity index (χ0v) is 39.3. The van der Waals surface area contributed by atoms with Crippen LogP contribution in [0.15, 0.2) is 97.3 Å². The Kier molecular flexibility index (Phi) is 20.6. The van der Waals surface area contributed by atoms with Crippen LogP contribution in [-0.4, -0.2) is 107 Å². The number of nitrogens with zero attached hydrogens (tertiary/aromatic N) is 7. The number of carboxylic acid groups (broad SMARTS) is 1. The highest BCUT2D eigenvalue weighted by Crippen LogP contribution is 2.35. The van der Waals surface area contributed by atoms with Crippen LogP contribution >= 0.6 is 24.8 Å². The van der Waals surface area contributed by atoms with Crippen molar-refractivity contribution in [3.05, 3.63) is 131 Å². The van der Waals surface area contributed by atoms with Crippen LogP contribution in [0.5, 0.6) is 34.5 Å². The van der Waals surface area contributed by atoms with Crippen molar-refractivity contribution in [3.63, 3.8) is 0 Å². The molecule has 0 bridgehead atoms. The minimum Gasteiger partial charge on any atom is -0.496 e. The van der Waals surface area contributed by atoms with E-state index in [1.165, 1.54) is 26.5 Å². The van der Waals surface area contributed by atoms with Crippen LogP contribution in [0, 0.1) is 0 Å². The number of nitrogen functional groups attached to an aromatic ring is 2. The number of piperidine rings is 2. The minimum absolute atomic E-state index is 0. The van der Waals surface area contributed by atoms with Gasteiger partial charge in [0, 0.05) is 67.4 Å². The Balaban J connectivity index is 0.000000237. The largest absolute Gasteiger partial charge is 0.496 e. The smallest absolute Gasteiger partial charge is 0.354 e. The fourth-order valence-electron chi connectivity index (χ4n) is 7.42. The molecule has 2 aliphatic heterocycles. The molecule has 2 aromatic carbocycles. The second-order valence-electron chi connectivity index (χ2n) is 15.0. The average Bonchev–Trinajstić information content (AvgIpc) is 3.35. The summed E-state index contributed by atoms with van der Waals surface area (Å²) in [6.07, 6.45) is 7.37. The number of anilines is 2. The number of nitrogens with one attached hydrogen (secondary N) is 1. The van der Waals surface area contributed by atoms with Gasteiger partial charge in [0.05, 0.1) is 34.6 Å². The molecule has 8 rings (SSSR count). The van der Waals surface area contributed by atoms with Gasteiger partial charge in [0.2, 0.25) is 0 Å². The number of ether oxygens (including phenoxy) is 5. The number of likely N-dealkylation sites (tertiary alicyclic amines) is 1. The van der Waals surface area contributed by atoms with E-state index in [2.05, 4.69) is 35.7 Å². The maximum atomic E-state index is 13.0. The summed E-state index contributed by atoms with van der Waals surface area (Å²) >= 11 is 0. The highest BCUT2D eigenvalue weighted by molar-refractivity contribution is 5.93. The number of amides is 1. The summed E-state index contributed by atoms with van der Waals surface area (Å²) in [5.41, 5.74) is 15.3. The molecule has 1 amide bonds. The number of methoxy groups -OCH3 is 4. The van der Waals surface area contributed by atoms with E-state index in [1.54, 1.807) is 43.5 Å². The molecule has 0 unspecified atom stereocenters. The van der Waals surface area contributed by atoms with E-state index in [1.807, 2.05) is 60.7 Å². The van der Waals surface area contributed by atoms with Gasteiger partial charge < -0.3 is 50.5 Å². The topological polar surface area (TPSA) is 245 Å². The second-order valence-corrected chi connectivity index (χ2v) is 15.0. The van der Waals surface area contributed by atoms with Crippen LogP contribution in [0.4, 0.5) is 11.6 Å². The predicted octanol–water partition coefficient (Wildman–Crippen LogP) is 7.04. The number of carbonyl (C=O) groups excluding carboxylic acids is 1. The van der Waals surface area contributed by atoms with Gasteiger partial charge in [-0.2, -0.15) is 0 Å². The Morgan fingerprint density at radius 1 is 0.642 bits per heavy atom. The Labute approximate surface area is 401 Å². The van der Waals surface area contributed by atoms with Crippen molar-refractivity contribution in [2.45, 2.75) is 43.9 Å². The maximum Gasteiger partial charge on any atom is 0.354 e. The normalized spacial score (nSPS) is 13.4. The molecule has 18 nitrogen and oxygen atoms in total. The first-order valence-electron chi connectivity index (χ1n) is 21.0. The third kappa shape index (κ3) is 14.5. The van der Waals surface area contributed by atoms with Crippen LogP contribution in [0.2, 0.25) is 0 Å². The van der Waals surface area contributed by atoms with Gasteiger partial charge in [-0.1, -0.05) is 48.5 Å². The molecular formula is C47H56Cl2N10O8. The first-order valence-corrected chi connectivity index (χ1v) is 21.0. The molecule has 6 aromatic rings. The standard InChI is InChI=1S/C23H25N5O4.C14H13NO3.C10H16N4O.2ClH/c1-30-18-12-17(25-14-20(18)32-16-6-4-3-5-7-16)23(29)28-10-8-15(9-11-28)22-19(31-2)13-21(24)26-27-22;1-18-13-8-12(14(16)17)15-9-11(13)7-10-5-3-2-4-6-10;1-15-8-6-9(11)13-14-10(8)7-2-4-12-5-3-7;;/h3-7,12-15H,8-11H2,1-2H3,(H2,24,26);2-6,8-9H,7H2,1H3,(H,16,17);6-7,12H,2-5H2,1H3,(H2,11,13);2*1H. The molecule has 0 spiro atoms. The minimum atomic E-state index is -1.06. The van der Waals surface area contributed by atoms with Gasteiger partial charge >= 0.3 is 5.97 Å². The Hall–Kier alpha value is -7.02. The highest BCUT2D eigenvalue weighted by atomic mass is 35.5. The molecule has 2 saturated heterocycles. The molecule has 2 aliphatic rings. The zero-order valence-electron chi connectivity index (χ0n) is 37.7. The number of rotatable bonds is 12. The number of pyridine rings is 2. The number of halogens is 2. The third-order valence-electron chi connectivity index (χ3n) is 10.8. The molecule has 6 heterocycles. The molecule has 4 aromatic heterocycles. The van der Waals surface area contributed by atoms with Gasteiger partial charge in [-0.05, 0) is 56.5 Å². The summed E-state index contributed by atoms with van der Waals surface area (Å²) in [5.74, 6) is 3.59. The maximum absolute atomic E-state index is 13.0.